The van der Waals surface area contributed by atoms with Gasteiger partial charge in [-0.05, 0) is 32.0 Å². The first-order chi connectivity index (χ1) is 13.1. The van der Waals surface area contributed by atoms with Gasteiger partial charge in [0.15, 0.2) is 5.13 Å². The third kappa shape index (κ3) is 3.77. The van der Waals surface area contributed by atoms with E-state index in [-0.39, 0.29) is 12.3 Å². The Morgan fingerprint density at radius 2 is 1.96 bits per heavy atom. The maximum Gasteiger partial charge on any atom is 0.234 e. The maximum absolute atomic E-state index is 12.9. The van der Waals surface area contributed by atoms with Gasteiger partial charge in [0.05, 0.1) is 22.3 Å². The molecule has 4 nitrogen and oxygen atoms in total. The second-order valence-corrected chi connectivity index (χ2v) is 8.16. The van der Waals surface area contributed by atoms with Crippen LogP contribution in [0.5, 0.6) is 0 Å². The van der Waals surface area contributed by atoms with E-state index in [1.165, 1.54) is 5.56 Å². The Bertz CT molecular complexity index is 1070. The van der Waals surface area contributed by atoms with Gasteiger partial charge in [-0.1, -0.05) is 47.2 Å². The fourth-order valence-corrected chi connectivity index (χ4v) is 4.81. The molecule has 4 aromatic rings. The number of anilines is 1. The van der Waals surface area contributed by atoms with Crippen LogP contribution in [-0.4, -0.2) is 22.4 Å². The monoisotopic (exact) mass is 393 g/mol. The number of carbonyl (C=O) groups excluding carboxylic acids is 1. The number of hydrogen-bond acceptors (Lipinski definition) is 5. The van der Waals surface area contributed by atoms with Crippen LogP contribution in [0.1, 0.15) is 18.2 Å². The van der Waals surface area contributed by atoms with Gasteiger partial charge < -0.3 is 0 Å². The van der Waals surface area contributed by atoms with Crippen molar-refractivity contribution in [3.8, 4) is 10.6 Å². The average molecular weight is 394 g/mol. The Balaban J connectivity index is 1.54. The van der Waals surface area contributed by atoms with E-state index < -0.39 is 0 Å². The van der Waals surface area contributed by atoms with Crippen molar-refractivity contribution >= 4 is 43.9 Å². The van der Waals surface area contributed by atoms with Crippen molar-refractivity contribution in [2.45, 2.75) is 20.3 Å². The maximum atomic E-state index is 12.9. The number of nitrogens with zero attached hydrogens (tertiary/aromatic N) is 3. The summed E-state index contributed by atoms with van der Waals surface area (Å²) in [6.45, 7) is 4.63. The van der Waals surface area contributed by atoms with Gasteiger partial charge in [0.2, 0.25) is 5.91 Å². The van der Waals surface area contributed by atoms with Crippen LogP contribution in [0.4, 0.5) is 5.13 Å². The summed E-state index contributed by atoms with van der Waals surface area (Å²) in [7, 11) is 0. The molecule has 0 atom stereocenters. The lowest BCUT2D eigenvalue weighted by atomic mass is 10.1. The zero-order valence-corrected chi connectivity index (χ0v) is 16.8. The molecule has 0 unspecified atom stereocenters. The van der Waals surface area contributed by atoms with Crippen molar-refractivity contribution < 1.29 is 4.79 Å². The molecule has 0 bridgehead atoms. The van der Waals surface area contributed by atoms with Crippen LogP contribution in [0.3, 0.4) is 0 Å². The number of para-hydroxylation sites is 1. The first-order valence-electron chi connectivity index (χ1n) is 8.81. The van der Waals surface area contributed by atoms with Crippen LogP contribution in [0.2, 0.25) is 0 Å². The summed E-state index contributed by atoms with van der Waals surface area (Å²) in [6, 6.07) is 16.2. The predicted octanol–water partition coefficient (Wildman–Crippen LogP) is 5.32. The first-order valence-corrected chi connectivity index (χ1v) is 10.5. The van der Waals surface area contributed by atoms with Crippen molar-refractivity contribution in [2.24, 2.45) is 0 Å². The second-order valence-electron chi connectivity index (χ2n) is 6.29. The van der Waals surface area contributed by atoms with Gasteiger partial charge in [-0.3, -0.25) is 9.69 Å². The Morgan fingerprint density at radius 3 is 2.74 bits per heavy atom. The fraction of sp³-hybridized carbons (Fsp3) is 0.190. The lowest BCUT2D eigenvalue weighted by Crippen LogP contribution is -2.31. The standard InChI is InChI=1S/C21H19N3OS2/c1-3-24(21-23-17-9-4-5-10-18(17)27-21)19(25)12-16-13-26-20(22-16)15-8-6-7-14(2)11-15/h4-11,13H,3,12H2,1-2H3. The summed E-state index contributed by atoms with van der Waals surface area (Å²) in [5.74, 6) is 0.0256. The average Bonchev–Trinajstić information content (AvgIpc) is 3.29. The highest BCUT2D eigenvalue weighted by molar-refractivity contribution is 7.22. The van der Waals surface area contributed by atoms with Gasteiger partial charge in [-0.15, -0.1) is 11.3 Å². The Morgan fingerprint density at radius 1 is 1.11 bits per heavy atom. The van der Waals surface area contributed by atoms with Crippen LogP contribution in [0, 0.1) is 6.92 Å². The number of likely N-dealkylation sites (N-methyl/N-ethyl adjacent to an activating group) is 1. The molecule has 6 heteroatoms. The van der Waals surface area contributed by atoms with Crippen LogP contribution in [0.15, 0.2) is 53.9 Å². The van der Waals surface area contributed by atoms with Crippen LogP contribution in [-0.2, 0) is 11.2 Å². The van der Waals surface area contributed by atoms with Crippen LogP contribution < -0.4 is 4.90 Å². The number of rotatable bonds is 5. The van der Waals surface area contributed by atoms with Gasteiger partial charge in [0, 0.05) is 17.5 Å². The molecule has 2 aromatic carbocycles. The van der Waals surface area contributed by atoms with Crippen LogP contribution >= 0.6 is 22.7 Å². The summed E-state index contributed by atoms with van der Waals surface area (Å²) >= 11 is 3.13. The highest BCUT2D eigenvalue weighted by Crippen LogP contribution is 2.29. The quantitative estimate of drug-likeness (QED) is 0.461. The van der Waals surface area contributed by atoms with E-state index >= 15 is 0 Å². The molecule has 0 aliphatic carbocycles. The number of aryl methyl sites for hydroxylation is 1. The molecule has 0 fully saturated rings. The predicted molar refractivity (Wildman–Crippen MR) is 114 cm³/mol. The molecule has 4 rings (SSSR count). The number of thiazole rings is 2. The summed E-state index contributed by atoms with van der Waals surface area (Å²) in [5.41, 5.74) is 4.03. The lowest BCUT2D eigenvalue weighted by Gasteiger charge is -2.16. The third-order valence-corrected chi connectivity index (χ3v) is 6.28. The highest BCUT2D eigenvalue weighted by atomic mass is 32.1. The van der Waals surface area contributed by atoms with E-state index in [2.05, 4.69) is 35.1 Å². The molecule has 2 heterocycles. The van der Waals surface area contributed by atoms with Crippen molar-refractivity contribution in [2.75, 3.05) is 11.4 Å². The Hall–Kier alpha value is -2.57. The smallest absolute Gasteiger partial charge is 0.234 e. The van der Waals surface area contributed by atoms with Crippen molar-refractivity contribution in [3.05, 3.63) is 65.2 Å². The number of carbonyl (C=O) groups is 1. The number of hydrogen-bond donors (Lipinski definition) is 0. The van der Waals surface area contributed by atoms with Crippen molar-refractivity contribution in [3.63, 3.8) is 0 Å². The third-order valence-electron chi connectivity index (χ3n) is 4.28. The van der Waals surface area contributed by atoms with Gasteiger partial charge in [0.25, 0.3) is 0 Å². The molecule has 0 aliphatic heterocycles. The number of aromatic nitrogens is 2. The molecule has 0 spiro atoms. The molecular weight excluding hydrogens is 374 g/mol. The van der Waals surface area contributed by atoms with E-state index in [0.717, 1.165) is 31.6 Å². The topological polar surface area (TPSA) is 46.1 Å². The molecule has 2 aromatic heterocycles. The fourth-order valence-electron chi connectivity index (χ4n) is 2.94. The highest BCUT2D eigenvalue weighted by Gasteiger charge is 2.19. The van der Waals surface area contributed by atoms with E-state index in [1.807, 2.05) is 42.6 Å². The molecule has 0 radical (unpaired) electrons. The minimum absolute atomic E-state index is 0.0256. The van der Waals surface area contributed by atoms with Crippen LogP contribution in [0.25, 0.3) is 20.8 Å². The summed E-state index contributed by atoms with van der Waals surface area (Å²) in [4.78, 5) is 23.9. The zero-order chi connectivity index (χ0) is 18.8. The van der Waals surface area contributed by atoms with Gasteiger partial charge >= 0.3 is 0 Å². The molecule has 1 amide bonds. The minimum Gasteiger partial charge on any atom is -0.288 e. The molecule has 136 valence electrons. The zero-order valence-electron chi connectivity index (χ0n) is 15.2. The molecule has 0 saturated heterocycles. The number of benzene rings is 2. The summed E-state index contributed by atoms with van der Waals surface area (Å²) < 4.78 is 1.09. The molecule has 0 N–H and O–H groups in total. The number of amides is 1. The van der Waals surface area contributed by atoms with Gasteiger partial charge in [0.1, 0.15) is 5.01 Å². The molecular formula is C21H19N3OS2. The summed E-state index contributed by atoms with van der Waals surface area (Å²) in [5, 5.41) is 3.67. The van der Waals surface area contributed by atoms with E-state index in [1.54, 1.807) is 27.6 Å². The van der Waals surface area contributed by atoms with Crippen molar-refractivity contribution in [1.82, 2.24) is 9.97 Å². The largest absolute Gasteiger partial charge is 0.288 e. The Kier molecular flexibility index (Phi) is 5.01. The van der Waals surface area contributed by atoms with Crippen molar-refractivity contribution in [1.29, 1.82) is 0 Å². The second kappa shape index (κ2) is 7.58. The van der Waals surface area contributed by atoms with E-state index in [9.17, 15) is 4.79 Å². The number of fused-ring (bicyclic) bond motifs is 1. The van der Waals surface area contributed by atoms with E-state index in [0.29, 0.717) is 6.54 Å². The van der Waals surface area contributed by atoms with E-state index in [4.69, 9.17) is 0 Å². The Labute approximate surface area is 166 Å². The first kappa shape index (κ1) is 17.8. The lowest BCUT2D eigenvalue weighted by molar-refractivity contribution is -0.118. The molecule has 0 aliphatic rings. The summed E-state index contributed by atoms with van der Waals surface area (Å²) in [6.07, 6.45) is 0.284. The molecule has 27 heavy (non-hydrogen) atoms. The normalized spacial score (nSPS) is 11.0. The van der Waals surface area contributed by atoms with Gasteiger partial charge in [-0.2, -0.15) is 0 Å². The molecule has 0 saturated carbocycles. The minimum atomic E-state index is 0.0256. The van der Waals surface area contributed by atoms with Gasteiger partial charge in [-0.25, -0.2) is 9.97 Å². The SMILES string of the molecule is CCN(C(=O)Cc1csc(-c2cccc(C)c2)n1)c1nc2ccccc2s1.